The summed E-state index contributed by atoms with van der Waals surface area (Å²) in [6, 6.07) is 12.1. The van der Waals surface area contributed by atoms with Crippen LogP contribution < -0.4 is 10.6 Å². The summed E-state index contributed by atoms with van der Waals surface area (Å²) in [5, 5.41) is 3.59. The van der Waals surface area contributed by atoms with Crippen molar-refractivity contribution < 1.29 is 44.3 Å². The number of hydrogen-bond acceptors (Lipinski definition) is 6. The molecule has 0 saturated carbocycles. The molecular weight excluding hydrogens is 486 g/mol. The highest BCUT2D eigenvalue weighted by atomic mass is 32.3. The van der Waals surface area contributed by atoms with Crippen LogP contribution in [0, 0.1) is 11.6 Å². The first-order chi connectivity index (χ1) is 15.1. The molecule has 2 rings (SSSR count). The highest BCUT2D eigenvalue weighted by molar-refractivity contribution is 8.02. The summed E-state index contributed by atoms with van der Waals surface area (Å²) in [5.74, 6) is -0.693. The molecule has 0 aromatic heterocycles. The molecule has 10 nitrogen and oxygen atoms in total. The number of benzene rings is 2. The number of halogens is 2. The Hall–Kier alpha value is -2.94. The van der Waals surface area contributed by atoms with Gasteiger partial charge in [0.15, 0.2) is 0 Å². The van der Waals surface area contributed by atoms with Crippen LogP contribution in [0.4, 0.5) is 8.78 Å². The van der Waals surface area contributed by atoms with Crippen molar-refractivity contribution in [2.45, 2.75) is 26.9 Å². The molecule has 0 fully saturated rings. The van der Waals surface area contributed by atoms with E-state index in [2.05, 4.69) is 10.6 Å². The Kier molecular flexibility index (Phi) is 13.0. The van der Waals surface area contributed by atoms with Gasteiger partial charge in [-0.25, -0.2) is 8.78 Å². The van der Waals surface area contributed by atoms with Crippen LogP contribution in [0.5, 0.6) is 0 Å². The molecule has 0 aliphatic heterocycles. The van der Waals surface area contributed by atoms with Crippen LogP contribution >= 0.6 is 0 Å². The summed E-state index contributed by atoms with van der Waals surface area (Å²) in [4.78, 5) is 21.0. The van der Waals surface area contributed by atoms with Crippen molar-refractivity contribution in [2.75, 3.05) is 5.08 Å². The Morgan fingerprint density at radius 3 is 1.15 bits per heavy atom. The van der Waals surface area contributed by atoms with Gasteiger partial charge < -0.3 is 10.6 Å². The Balaban J connectivity index is 0.000000472. The number of rotatable bonds is 6. The van der Waals surface area contributed by atoms with Gasteiger partial charge in [0.05, 0.1) is 0 Å². The van der Waals surface area contributed by atoms with Gasteiger partial charge >= 0.3 is 0 Å². The summed E-state index contributed by atoms with van der Waals surface area (Å²) < 4.78 is 79.0. The predicted octanol–water partition coefficient (Wildman–Crippen LogP) is 1.64. The molecular formula is C19H24F2N2O8S2. The summed E-state index contributed by atoms with van der Waals surface area (Å²) in [6.07, 6.45) is 0. The number of carbonyl (C=O) groups excluding carboxylic acids is 2. The quantitative estimate of drug-likeness (QED) is 0.426. The first-order valence-corrected chi connectivity index (χ1v) is 12.2. The van der Waals surface area contributed by atoms with Crippen LogP contribution in [-0.2, 0) is 42.9 Å². The maximum Gasteiger partial charge on any atom is 0.281 e. The molecule has 0 spiro atoms. The molecule has 2 aromatic carbocycles. The lowest BCUT2D eigenvalue weighted by molar-refractivity contribution is -0.120. The Morgan fingerprint density at radius 1 is 0.697 bits per heavy atom. The third-order valence-corrected chi connectivity index (χ3v) is 5.59. The van der Waals surface area contributed by atoms with Crippen LogP contribution in [0.1, 0.15) is 25.0 Å². The summed E-state index contributed by atoms with van der Waals surface area (Å²) in [6.45, 7) is 3.80. The fourth-order valence-corrected chi connectivity index (χ4v) is 3.35. The molecule has 0 saturated heterocycles. The first kappa shape index (κ1) is 30.1. The zero-order valence-corrected chi connectivity index (χ0v) is 19.3. The SMILES string of the molecule is CC(=O)NCc1ccc(F)cc1.CC(=O)NCc1ccc(F)cc1.O=S(=O)(O)CS(=O)(=O)O. The molecule has 0 heterocycles. The fraction of sp³-hybridized carbons (Fsp3) is 0.263. The van der Waals surface area contributed by atoms with Crippen molar-refractivity contribution in [3.8, 4) is 0 Å². The third-order valence-electron chi connectivity index (χ3n) is 3.21. The Labute approximate surface area is 190 Å². The second kappa shape index (κ2) is 14.3. The van der Waals surface area contributed by atoms with E-state index >= 15 is 0 Å². The third kappa shape index (κ3) is 19.5. The summed E-state index contributed by atoms with van der Waals surface area (Å²) in [5.41, 5.74) is 1.79. The van der Waals surface area contributed by atoms with Crippen molar-refractivity contribution in [1.82, 2.24) is 10.6 Å². The molecule has 0 aliphatic rings. The molecule has 33 heavy (non-hydrogen) atoms. The minimum atomic E-state index is -4.62. The highest BCUT2D eigenvalue weighted by Crippen LogP contribution is 2.02. The van der Waals surface area contributed by atoms with Gasteiger partial charge in [-0.15, -0.1) is 0 Å². The number of amides is 2. The molecule has 4 N–H and O–H groups in total. The molecule has 0 radical (unpaired) electrons. The van der Waals surface area contributed by atoms with E-state index in [9.17, 15) is 35.2 Å². The van der Waals surface area contributed by atoms with E-state index in [1.54, 1.807) is 24.3 Å². The lowest BCUT2D eigenvalue weighted by Gasteiger charge is -2.00. The van der Waals surface area contributed by atoms with Gasteiger partial charge in [0.25, 0.3) is 20.2 Å². The van der Waals surface area contributed by atoms with Crippen molar-refractivity contribution in [3.05, 3.63) is 71.3 Å². The van der Waals surface area contributed by atoms with Crippen LogP contribution in [-0.4, -0.2) is 42.8 Å². The van der Waals surface area contributed by atoms with Gasteiger partial charge in [0, 0.05) is 26.9 Å². The fourth-order valence-electron chi connectivity index (χ4n) is 1.85. The maximum atomic E-state index is 12.4. The lowest BCUT2D eigenvalue weighted by atomic mass is 10.2. The van der Waals surface area contributed by atoms with Gasteiger partial charge in [-0.2, -0.15) is 16.8 Å². The van der Waals surface area contributed by atoms with E-state index < -0.39 is 25.3 Å². The zero-order valence-electron chi connectivity index (χ0n) is 17.7. The molecule has 0 bridgehead atoms. The molecule has 0 aliphatic carbocycles. The van der Waals surface area contributed by atoms with E-state index in [4.69, 9.17) is 9.11 Å². The predicted molar refractivity (Wildman–Crippen MR) is 116 cm³/mol. The highest BCUT2D eigenvalue weighted by Gasteiger charge is 2.15. The normalized spacial score (nSPS) is 10.6. The maximum absolute atomic E-state index is 12.4. The van der Waals surface area contributed by atoms with Gasteiger partial charge in [-0.05, 0) is 35.4 Å². The van der Waals surface area contributed by atoms with E-state index in [0.717, 1.165) is 11.1 Å². The molecule has 0 unspecified atom stereocenters. The van der Waals surface area contributed by atoms with Crippen LogP contribution in [0.25, 0.3) is 0 Å². The van der Waals surface area contributed by atoms with E-state index in [1.807, 2.05) is 0 Å². The van der Waals surface area contributed by atoms with Crippen molar-refractivity contribution in [2.24, 2.45) is 0 Å². The monoisotopic (exact) mass is 510 g/mol. The minimum absolute atomic E-state index is 0.0840. The molecule has 14 heteroatoms. The molecule has 2 aromatic rings. The van der Waals surface area contributed by atoms with Crippen LogP contribution in [0.3, 0.4) is 0 Å². The van der Waals surface area contributed by atoms with Gasteiger partial charge in [-0.1, -0.05) is 24.3 Å². The second-order valence-electron chi connectivity index (χ2n) is 6.35. The smallest absolute Gasteiger partial charge is 0.281 e. The van der Waals surface area contributed by atoms with Crippen LogP contribution in [0.2, 0.25) is 0 Å². The second-order valence-corrected chi connectivity index (χ2v) is 9.62. The topological polar surface area (TPSA) is 167 Å². The van der Waals surface area contributed by atoms with Crippen molar-refractivity contribution in [1.29, 1.82) is 0 Å². The number of carbonyl (C=O) groups is 2. The molecule has 184 valence electrons. The molecule has 0 atom stereocenters. The van der Waals surface area contributed by atoms with Crippen LogP contribution in [0.15, 0.2) is 48.5 Å². The lowest BCUT2D eigenvalue weighted by Crippen LogP contribution is -2.18. The van der Waals surface area contributed by atoms with Gasteiger partial charge in [0.2, 0.25) is 16.9 Å². The summed E-state index contributed by atoms with van der Waals surface area (Å²) in [7, 11) is -9.24. The first-order valence-electron chi connectivity index (χ1n) is 8.95. The Bertz CT molecular complexity index is 1020. The van der Waals surface area contributed by atoms with E-state index in [1.165, 1.54) is 38.1 Å². The number of nitrogens with one attached hydrogen (secondary N) is 2. The Morgan fingerprint density at radius 2 is 0.970 bits per heavy atom. The number of hydrogen-bond donors (Lipinski definition) is 4. The van der Waals surface area contributed by atoms with Gasteiger partial charge in [0.1, 0.15) is 11.6 Å². The largest absolute Gasteiger partial charge is 0.352 e. The van der Waals surface area contributed by atoms with E-state index in [-0.39, 0.29) is 23.4 Å². The van der Waals surface area contributed by atoms with E-state index in [0.29, 0.717) is 13.1 Å². The standard InChI is InChI=1S/2C9H10FNO.CH4O6S2/c2*1-7(12)11-6-8-2-4-9(10)5-3-8;2-8(3,4)1-9(5,6)7/h2*2-5H,6H2,1H3,(H,11,12);1H2,(H,2,3,4)(H,5,6,7). The average Bonchev–Trinajstić information content (AvgIpc) is 2.65. The zero-order chi connectivity index (χ0) is 25.7. The average molecular weight is 511 g/mol. The minimum Gasteiger partial charge on any atom is -0.352 e. The molecule has 2 amide bonds. The summed E-state index contributed by atoms with van der Waals surface area (Å²) >= 11 is 0. The van der Waals surface area contributed by atoms with Crippen molar-refractivity contribution in [3.63, 3.8) is 0 Å². The van der Waals surface area contributed by atoms with Gasteiger partial charge in [-0.3, -0.25) is 18.7 Å². The van der Waals surface area contributed by atoms with Crippen molar-refractivity contribution >= 4 is 32.1 Å².